The lowest BCUT2D eigenvalue weighted by Crippen LogP contribution is -2.21. The summed E-state index contributed by atoms with van der Waals surface area (Å²) in [5.41, 5.74) is 1.05. The van der Waals surface area contributed by atoms with Crippen molar-refractivity contribution in [1.29, 1.82) is 0 Å². The van der Waals surface area contributed by atoms with Gasteiger partial charge in [0, 0.05) is 12.8 Å². The maximum Gasteiger partial charge on any atom is 0.133 e. The zero-order chi connectivity index (χ0) is 8.97. The Balaban J connectivity index is 2.17. The summed E-state index contributed by atoms with van der Waals surface area (Å²) in [4.78, 5) is 10.9. The number of Topliss-reactive ketones (excluding diaryl/α,β-unsaturated/α-hetero) is 1. The molecule has 0 radical (unpaired) electrons. The SMILES string of the molecule is C=C(C)COC1CCC(=O)CC1. The number of carbonyl (C=O) groups is 1. The van der Waals surface area contributed by atoms with Crippen molar-refractivity contribution >= 4 is 5.78 Å². The van der Waals surface area contributed by atoms with E-state index in [1.165, 1.54) is 0 Å². The van der Waals surface area contributed by atoms with Gasteiger partial charge < -0.3 is 4.74 Å². The molecule has 0 unspecified atom stereocenters. The summed E-state index contributed by atoms with van der Waals surface area (Å²) in [5, 5.41) is 0. The number of ether oxygens (including phenoxy) is 1. The Kier molecular flexibility index (Phi) is 3.48. The maximum atomic E-state index is 10.9. The van der Waals surface area contributed by atoms with Crippen molar-refractivity contribution < 1.29 is 9.53 Å². The highest BCUT2D eigenvalue weighted by Gasteiger charge is 2.18. The molecule has 0 aromatic rings. The summed E-state index contributed by atoms with van der Waals surface area (Å²) >= 11 is 0. The van der Waals surface area contributed by atoms with Crippen LogP contribution in [-0.2, 0) is 9.53 Å². The molecule has 0 heterocycles. The third-order valence-electron chi connectivity index (χ3n) is 2.06. The van der Waals surface area contributed by atoms with Crippen LogP contribution in [0.2, 0.25) is 0 Å². The standard InChI is InChI=1S/C10H16O2/c1-8(2)7-12-10-5-3-9(11)4-6-10/h10H,1,3-7H2,2H3. The van der Waals surface area contributed by atoms with Crippen molar-refractivity contribution in [3.8, 4) is 0 Å². The summed E-state index contributed by atoms with van der Waals surface area (Å²) in [5.74, 6) is 0.380. The second-order valence-corrected chi connectivity index (χ2v) is 3.51. The first-order chi connectivity index (χ1) is 5.68. The van der Waals surface area contributed by atoms with E-state index < -0.39 is 0 Å². The van der Waals surface area contributed by atoms with Gasteiger partial charge in [-0.1, -0.05) is 12.2 Å². The van der Waals surface area contributed by atoms with Crippen molar-refractivity contribution in [2.75, 3.05) is 6.61 Å². The first kappa shape index (κ1) is 9.46. The fourth-order valence-electron chi connectivity index (χ4n) is 1.34. The van der Waals surface area contributed by atoms with Gasteiger partial charge >= 0.3 is 0 Å². The van der Waals surface area contributed by atoms with Crippen molar-refractivity contribution in [3.63, 3.8) is 0 Å². The molecular weight excluding hydrogens is 152 g/mol. The quantitative estimate of drug-likeness (QED) is 0.603. The van der Waals surface area contributed by atoms with Gasteiger partial charge in [-0.05, 0) is 19.8 Å². The third kappa shape index (κ3) is 3.18. The van der Waals surface area contributed by atoms with Crippen molar-refractivity contribution in [2.24, 2.45) is 0 Å². The van der Waals surface area contributed by atoms with E-state index in [0.717, 1.165) is 18.4 Å². The molecule has 0 aromatic carbocycles. The van der Waals surface area contributed by atoms with Gasteiger partial charge in [-0.15, -0.1) is 0 Å². The van der Waals surface area contributed by atoms with E-state index in [1.54, 1.807) is 0 Å². The van der Waals surface area contributed by atoms with Crippen LogP contribution in [0.5, 0.6) is 0 Å². The van der Waals surface area contributed by atoms with E-state index in [4.69, 9.17) is 4.74 Å². The molecule has 0 atom stereocenters. The second kappa shape index (κ2) is 4.41. The monoisotopic (exact) mass is 168 g/mol. The van der Waals surface area contributed by atoms with Crippen LogP contribution in [0, 0.1) is 0 Å². The van der Waals surface area contributed by atoms with Crippen LogP contribution in [-0.4, -0.2) is 18.5 Å². The lowest BCUT2D eigenvalue weighted by Gasteiger charge is -2.21. The minimum Gasteiger partial charge on any atom is -0.374 e. The molecule has 0 aliphatic heterocycles. The molecule has 0 aromatic heterocycles. The van der Waals surface area contributed by atoms with Crippen LogP contribution in [0.4, 0.5) is 0 Å². The van der Waals surface area contributed by atoms with Crippen LogP contribution >= 0.6 is 0 Å². The van der Waals surface area contributed by atoms with Gasteiger partial charge in [0.2, 0.25) is 0 Å². The highest BCUT2D eigenvalue weighted by molar-refractivity contribution is 5.79. The minimum atomic E-state index is 0.291. The zero-order valence-electron chi connectivity index (χ0n) is 7.64. The summed E-state index contributed by atoms with van der Waals surface area (Å²) in [7, 11) is 0. The molecule has 2 heteroatoms. The van der Waals surface area contributed by atoms with Gasteiger partial charge in [0.05, 0.1) is 12.7 Å². The zero-order valence-corrected chi connectivity index (χ0v) is 7.64. The molecular formula is C10H16O2. The molecule has 0 saturated heterocycles. The summed E-state index contributed by atoms with van der Waals surface area (Å²) in [6.45, 7) is 6.35. The topological polar surface area (TPSA) is 26.3 Å². The molecule has 1 saturated carbocycles. The van der Waals surface area contributed by atoms with Crippen LogP contribution < -0.4 is 0 Å². The van der Waals surface area contributed by atoms with E-state index in [2.05, 4.69) is 6.58 Å². The Bertz CT molecular complexity index is 174. The number of rotatable bonds is 3. The molecule has 1 rings (SSSR count). The van der Waals surface area contributed by atoms with Gasteiger partial charge in [0.15, 0.2) is 0 Å². The molecule has 1 aliphatic rings. The summed E-state index contributed by atoms with van der Waals surface area (Å²) < 4.78 is 5.54. The maximum absolute atomic E-state index is 10.9. The van der Waals surface area contributed by atoms with Crippen LogP contribution in [0.25, 0.3) is 0 Å². The highest BCUT2D eigenvalue weighted by Crippen LogP contribution is 2.18. The Labute approximate surface area is 73.6 Å². The van der Waals surface area contributed by atoms with E-state index in [9.17, 15) is 4.79 Å². The normalized spacial score (nSPS) is 19.6. The van der Waals surface area contributed by atoms with E-state index in [-0.39, 0.29) is 0 Å². The number of hydrogen-bond donors (Lipinski definition) is 0. The number of hydrogen-bond acceptors (Lipinski definition) is 2. The van der Waals surface area contributed by atoms with Crippen molar-refractivity contribution in [2.45, 2.75) is 38.7 Å². The van der Waals surface area contributed by atoms with Crippen LogP contribution in [0.3, 0.4) is 0 Å². The molecule has 0 bridgehead atoms. The Morgan fingerprint density at radius 1 is 1.58 bits per heavy atom. The minimum absolute atomic E-state index is 0.291. The van der Waals surface area contributed by atoms with Crippen LogP contribution in [0.1, 0.15) is 32.6 Å². The molecule has 2 nitrogen and oxygen atoms in total. The Hall–Kier alpha value is -0.630. The smallest absolute Gasteiger partial charge is 0.133 e. The van der Waals surface area contributed by atoms with Gasteiger partial charge in [-0.2, -0.15) is 0 Å². The van der Waals surface area contributed by atoms with Gasteiger partial charge in [-0.3, -0.25) is 4.79 Å². The molecule has 0 spiro atoms. The molecule has 68 valence electrons. The largest absolute Gasteiger partial charge is 0.374 e. The van der Waals surface area contributed by atoms with Gasteiger partial charge in [0.1, 0.15) is 5.78 Å². The first-order valence-corrected chi connectivity index (χ1v) is 4.46. The van der Waals surface area contributed by atoms with Crippen LogP contribution in [0.15, 0.2) is 12.2 Å². The molecule has 1 aliphatic carbocycles. The molecule has 0 amide bonds. The highest BCUT2D eigenvalue weighted by atomic mass is 16.5. The summed E-state index contributed by atoms with van der Waals surface area (Å²) in [6.07, 6.45) is 3.47. The van der Waals surface area contributed by atoms with Gasteiger partial charge in [-0.25, -0.2) is 0 Å². The average molecular weight is 168 g/mol. The number of carbonyl (C=O) groups excluding carboxylic acids is 1. The van der Waals surface area contributed by atoms with Crippen molar-refractivity contribution in [3.05, 3.63) is 12.2 Å². The fraction of sp³-hybridized carbons (Fsp3) is 0.700. The predicted octanol–water partition coefficient (Wildman–Crippen LogP) is 2.09. The molecule has 12 heavy (non-hydrogen) atoms. The average Bonchev–Trinajstić information content (AvgIpc) is 2.03. The van der Waals surface area contributed by atoms with Crippen molar-refractivity contribution in [1.82, 2.24) is 0 Å². The lowest BCUT2D eigenvalue weighted by molar-refractivity contribution is -0.122. The Morgan fingerprint density at radius 2 is 2.17 bits per heavy atom. The molecule has 0 N–H and O–H groups in total. The van der Waals surface area contributed by atoms with E-state index in [0.29, 0.717) is 31.3 Å². The van der Waals surface area contributed by atoms with Gasteiger partial charge in [0.25, 0.3) is 0 Å². The summed E-state index contributed by atoms with van der Waals surface area (Å²) in [6, 6.07) is 0. The predicted molar refractivity (Wildman–Crippen MR) is 48.0 cm³/mol. The Morgan fingerprint density at radius 3 is 2.67 bits per heavy atom. The second-order valence-electron chi connectivity index (χ2n) is 3.51. The van der Waals surface area contributed by atoms with E-state index >= 15 is 0 Å². The number of ketones is 1. The lowest BCUT2D eigenvalue weighted by atomic mass is 9.96. The molecule has 1 fully saturated rings. The first-order valence-electron chi connectivity index (χ1n) is 4.46. The van der Waals surface area contributed by atoms with E-state index in [1.807, 2.05) is 6.92 Å². The third-order valence-corrected chi connectivity index (χ3v) is 2.06. The fourth-order valence-corrected chi connectivity index (χ4v) is 1.34.